The van der Waals surface area contributed by atoms with Crippen molar-refractivity contribution in [3.8, 4) is 0 Å². The van der Waals surface area contributed by atoms with Crippen LogP contribution < -0.4 is 5.32 Å². The van der Waals surface area contributed by atoms with Gasteiger partial charge in [-0.1, -0.05) is 19.8 Å². The lowest BCUT2D eigenvalue weighted by molar-refractivity contribution is -0.137. The number of hydrogen-bond donors (Lipinski definition) is 1. The highest BCUT2D eigenvalue weighted by atomic mass is 19.4. The Kier molecular flexibility index (Phi) is 5.92. The maximum Gasteiger partial charge on any atom is 0.389 e. The molecule has 0 aromatic heterocycles. The fourth-order valence-electron chi connectivity index (χ4n) is 2.97. The van der Waals surface area contributed by atoms with Gasteiger partial charge in [0.05, 0.1) is 5.60 Å². The summed E-state index contributed by atoms with van der Waals surface area (Å²) in [5.74, 6) is 0. The lowest BCUT2D eigenvalue weighted by atomic mass is 9.88. The Bertz CT molecular complexity index is 237. The third kappa shape index (κ3) is 4.43. The second-order valence-corrected chi connectivity index (χ2v) is 5.09. The first-order valence-electron chi connectivity index (χ1n) is 6.79. The Morgan fingerprint density at radius 2 is 1.89 bits per heavy atom. The molecule has 0 aliphatic heterocycles. The molecule has 0 aromatic carbocycles. The van der Waals surface area contributed by atoms with Gasteiger partial charge < -0.3 is 10.1 Å². The Hall–Kier alpha value is -0.290. The van der Waals surface area contributed by atoms with Crippen LogP contribution in [-0.2, 0) is 4.74 Å². The zero-order chi connectivity index (χ0) is 13.6. The maximum atomic E-state index is 12.2. The van der Waals surface area contributed by atoms with Crippen molar-refractivity contribution in [2.24, 2.45) is 0 Å². The first-order valence-corrected chi connectivity index (χ1v) is 6.79. The average molecular weight is 267 g/mol. The maximum absolute atomic E-state index is 12.2. The van der Waals surface area contributed by atoms with Gasteiger partial charge in [0.15, 0.2) is 0 Å². The van der Waals surface area contributed by atoms with E-state index >= 15 is 0 Å². The van der Waals surface area contributed by atoms with Crippen LogP contribution in [0, 0.1) is 0 Å². The van der Waals surface area contributed by atoms with E-state index in [4.69, 9.17) is 4.74 Å². The minimum Gasteiger partial charge on any atom is -0.377 e. The number of halogens is 3. The van der Waals surface area contributed by atoms with Gasteiger partial charge in [0.2, 0.25) is 0 Å². The van der Waals surface area contributed by atoms with E-state index in [0.29, 0.717) is 6.42 Å². The van der Waals surface area contributed by atoms with Gasteiger partial charge >= 0.3 is 6.18 Å². The smallest absolute Gasteiger partial charge is 0.377 e. The molecule has 2 nitrogen and oxygen atoms in total. The second-order valence-electron chi connectivity index (χ2n) is 5.09. The zero-order valence-corrected chi connectivity index (χ0v) is 11.3. The summed E-state index contributed by atoms with van der Waals surface area (Å²) in [7, 11) is 1.68. The van der Waals surface area contributed by atoms with Gasteiger partial charge in [0.1, 0.15) is 0 Å². The minimum absolute atomic E-state index is 0.0392. The molecule has 0 aromatic rings. The second kappa shape index (κ2) is 6.75. The van der Waals surface area contributed by atoms with Crippen molar-refractivity contribution < 1.29 is 17.9 Å². The van der Waals surface area contributed by atoms with Crippen LogP contribution in [0.4, 0.5) is 13.2 Å². The Morgan fingerprint density at radius 3 is 2.33 bits per heavy atom. The molecule has 1 aliphatic rings. The highest BCUT2D eigenvalue weighted by molar-refractivity contribution is 4.96. The molecule has 0 amide bonds. The van der Waals surface area contributed by atoms with E-state index in [1.807, 2.05) is 6.92 Å². The highest BCUT2D eigenvalue weighted by Crippen LogP contribution is 2.37. The lowest BCUT2D eigenvalue weighted by Gasteiger charge is -2.37. The zero-order valence-electron chi connectivity index (χ0n) is 11.3. The summed E-state index contributed by atoms with van der Waals surface area (Å²) in [4.78, 5) is 0. The van der Waals surface area contributed by atoms with Gasteiger partial charge in [0.25, 0.3) is 0 Å². The van der Waals surface area contributed by atoms with E-state index in [0.717, 1.165) is 32.2 Å². The summed E-state index contributed by atoms with van der Waals surface area (Å²) in [6.07, 6.45) is 0.0687. The molecule has 1 fully saturated rings. The van der Waals surface area contributed by atoms with Gasteiger partial charge in [0, 0.05) is 19.6 Å². The molecule has 1 unspecified atom stereocenters. The lowest BCUT2D eigenvalue weighted by Crippen LogP contribution is -2.50. The van der Waals surface area contributed by atoms with E-state index in [1.54, 1.807) is 7.11 Å². The van der Waals surface area contributed by atoms with Crippen LogP contribution in [0.5, 0.6) is 0 Å². The Morgan fingerprint density at radius 1 is 1.28 bits per heavy atom. The van der Waals surface area contributed by atoms with Crippen molar-refractivity contribution in [3.63, 3.8) is 0 Å². The molecule has 5 heteroatoms. The van der Waals surface area contributed by atoms with Crippen LogP contribution in [0.25, 0.3) is 0 Å². The van der Waals surface area contributed by atoms with Gasteiger partial charge in [-0.05, 0) is 32.2 Å². The number of hydrogen-bond acceptors (Lipinski definition) is 2. The molecular formula is C13H24F3NO. The molecule has 1 rings (SSSR count). The van der Waals surface area contributed by atoms with Gasteiger partial charge in [-0.25, -0.2) is 0 Å². The molecule has 0 bridgehead atoms. The van der Waals surface area contributed by atoms with Crippen molar-refractivity contribution in [1.82, 2.24) is 5.32 Å². The van der Waals surface area contributed by atoms with E-state index in [1.165, 1.54) is 0 Å². The molecule has 108 valence electrons. The SMILES string of the molecule is CCNC(CCCC(F)(F)F)C1(OC)CCCC1. The van der Waals surface area contributed by atoms with Crippen LogP contribution in [0.1, 0.15) is 51.9 Å². The molecule has 1 N–H and O–H groups in total. The third-order valence-electron chi connectivity index (χ3n) is 3.90. The van der Waals surface area contributed by atoms with Crippen molar-refractivity contribution >= 4 is 0 Å². The Balaban J connectivity index is 2.53. The van der Waals surface area contributed by atoms with Gasteiger partial charge in [-0.3, -0.25) is 0 Å². The number of methoxy groups -OCH3 is 1. The summed E-state index contributed by atoms with van der Waals surface area (Å²) >= 11 is 0. The topological polar surface area (TPSA) is 21.3 Å². The predicted molar refractivity (Wildman–Crippen MR) is 65.6 cm³/mol. The molecule has 1 atom stereocenters. The van der Waals surface area contributed by atoms with Crippen LogP contribution in [0.15, 0.2) is 0 Å². The minimum atomic E-state index is -4.05. The van der Waals surface area contributed by atoms with Crippen molar-refractivity contribution in [2.75, 3.05) is 13.7 Å². The van der Waals surface area contributed by atoms with Crippen molar-refractivity contribution in [1.29, 1.82) is 0 Å². The van der Waals surface area contributed by atoms with Crippen molar-refractivity contribution in [3.05, 3.63) is 0 Å². The van der Waals surface area contributed by atoms with Crippen molar-refractivity contribution in [2.45, 2.75) is 69.7 Å². The molecule has 18 heavy (non-hydrogen) atoms. The fourth-order valence-corrected chi connectivity index (χ4v) is 2.97. The van der Waals surface area contributed by atoms with Crippen LogP contribution >= 0.6 is 0 Å². The normalized spacial score (nSPS) is 21.2. The third-order valence-corrected chi connectivity index (χ3v) is 3.90. The van der Waals surface area contributed by atoms with E-state index in [-0.39, 0.29) is 18.1 Å². The number of rotatable bonds is 7. The summed E-state index contributed by atoms with van der Waals surface area (Å²) in [5.41, 5.74) is -0.248. The molecule has 0 radical (unpaired) electrons. The summed E-state index contributed by atoms with van der Waals surface area (Å²) in [5, 5.41) is 3.31. The summed E-state index contributed by atoms with van der Waals surface area (Å²) in [6, 6.07) is 0.0392. The van der Waals surface area contributed by atoms with Crippen LogP contribution in [0.2, 0.25) is 0 Å². The highest BCUT2D eigenvalue weighted by Gasteiger charge is 2.41. The molecule has 1 aliphatic carbocycles. The molecule has 0 saturated heterocycles. The quantitative estimate of drug-likeness (QED) is 0.760. The molecule has 1 saturated carbocycles. The summed E-state index contributed by atoms with van der Waals surface area (Å²) in [6.45, 7) is 2.75. The largest absolute Gasteiger partial charge is 0.389 e. The summed E-state index contributed by atoms with van der Waals surface area (Å²) < 4.78 is 42.2. The monoisotopic (exact) mass is 267 g/mol. The fraction of sp³-hybridized carbons (Fsp3) is 1.00. The van der Waals surface area contributed by atoms with Gasteiger partial charge in [-0.2, -0.15) is 13.2 Å². The van der Waals surface area contributed by atoms with Crippen LogP contribution in [-0.4, -0.2) is 31.5 Å². The van der Waals surface area contributed by atoms with Crippen LogP contribution in [0.3, 0.4) is 0 Å². The molecular weight excluding hydrogens is 243 g/mol. The molecule has 0 spiro atoms. The number of ether oxygens (including phenoxy) is 1. The predicted octanol–water partition coefficient (Wildman–Crippen LogP) is 3.66. The molecule has 0 heterocycles. The number of alkyl halides is 3. The Labute approximate surface area is 107 Å². The van der Waals surface area contributed by atoms with E-state index < -0.39 is 12.6 Å². The standard InChI is InChI=1S/C13H24F3NO/c1-3-17-11(7-6-10-13(14,15)16)12(18-2)8-4-5-9-12/h11,17H,3-10H2,1-2H3. The van der Waals surface area contributed by atoms with E-state index in [2.05, 4.69) is 5.32 Å². The van der Waals surface area contributed by atoms with E-state index in [9.17, 15) is 13.2 Å². The average Bonchev–Trinajstić information content (AvgIpc) is 2.76. The number of nitrogens with one attached hydrogen (secondary N) is 1. The van der Waals surface area contributed by atoms with Gasteiger partial charge in [-0.15, -0.1) is 0 Å². The number of likely N-dealkylation sites (N-methyl/N-ethyl adjacent to an activating group) is 1. The first-order chi connectivity index (χ1) is 8.43. The first kappa shape index (κ1) is 15.8.